The van der Waals surface area contributed by atoms with Crippen molar-refractivity contribution in [1.82, 2.24) is 19.5 Å². The molecule has 4 N–H and O–H groups in total. The minimum Gasteiger partial charge on any atom is -0.493 e. The van der Waals surface area contributed by atoms with Crippen LogP contribution in [0.25, 0.3) is 22.4 Å². The number of para-hydroxylation sites is 2. The van der Waals surface area contributed by atoms with Crippen molar-refractivity contribution < 1.29 is 9.47 Å². The molecule has 3 aromatic heterocycles. The Morgan fingerprint density at radius 1 is 0.967 bits per heavy atom. The van der Waals surface area contributed by atoms with E-state index in [1.165, 1.54) is 0 Å². The average Bonchev–Trinajstić information content (AvgIpc) is 3.02. The van der Waals surface area contributed by atoms with Gasteiger partial charge in [-0.25, -0.2) is 15.0 Å². The summed E-state index contributed by atoms with van der Waals surface area (Å²) in [6.45, 7) is 4.54. The standard InChI is InChI=1S/C22H24N6O2/c1-13(30-19-7-5-4-6-18(19)29-3)12-28-14(2)25-17-9-8-16(26-22(17)28)15-10-20(23)27-21(24)11-15/h4-11,13H,12H2,1-3H3,(H4,23,24,27). The summed E-state index contributed by atoms with van der Waals surface area (Å²) in [6, 6.07) is 15.0. The molecule has 0 spiro atoms. The molecule has 154 valence electrons. The van der Waals surface area contributed by atoms with Gasteiger partial charge in [-0.1, -0.05) is 12.1 Å². The first-order valence-corrected chi connectivity index (χ1v) is 9.61. The first-order valence-electron chi connectivity index (χ1n) is 9.61. The van der Waals surface area contributed by atoms with Gasteiger partial charge in [-0.15, -0.1) is 0 Å². The van der Waals surface area contributed by atoms with Crippen LogP contribution < -0.4 is 20.9 Å². The molecule has 8 nitrogen and oxygen atoms in total. The Bertz CT molecular complexity index is 1180. The fourth-order valence-corrected chi connectivity index (χ4v) is 3.44. The summed E-state index contributed by atoms with van der Waals surface area (Å²) in [5.41, 5.74) is 14.8. The van der Waals surface area contributed by atoms with Gasteiger partial charge in [0, 0.05) is 5.56 Å². The molecule has 4 aromatic rings. The fourth-order valence-electron chi connectivity index (χ4n) is 3.44. The van der Waals surface area contributed by atoms with Gasteiger partial charge in [0.15, 0.2) is 17.1 Å². The van der Waals surface area contributed by atoms with Crippen LogP contribution in [0.4, 0.5) is 11.6 Å². The van der Waals surface area contributed by atoms with Crippen LogP contribution in [0, 0.1) is 6.92 Å². The molecule has 0 saturated heterocycles. The van der Waals surface area contributed by atoms with E-state index in [9.17, 15) is 0 Å². The van der Waals surface area contributed by atoms with Gasteiger partial charge >= 0.3 is 0 Å². The molecule has 4 rings (SSSR count). The third-order valence-corrected chi connectivity index (χ3v) is 4.78. The number of anilines is 2. The summed E-state index contributed by atoms with van der Waals surface area (Å²) in [4.78, 5) is 13.5. The van der Waals surface area contributed by atoms with E-state index in [1.807, 2.05) is 54.8 Å². The maximum Gasteiger partial charge on any atom is 0.161 e. The van der Waals surface area contributed by atoms with E-state index in [1.54, 1.807) is 19.2 Å². The number of benzene rings is 1. The molecule has 0 aliphatic heterocycles. The molecule has 0 saturated carbocycles. The highest BCUT2D eigenvalue weighted by Gasteiger charge is 2.16. The smallest absolute Gasteiger partial charge is 0.161 e. The molecule has 0 fully saturated rings. The number of nitrogens with two attached hydrogens (primary N) is 2. The van der Waals surface area contributed by atoms with E-state index in [2.05, 4.69) is 9.97 Å². The summed E-state index contributed by atoms with van der Waals surface area (Å²) >= 11 is 0. The molecule has 0 amide bonds. The van der Waals surface area contributed by atoms with Gasteiger partial charge in [-0.3, -0.25) is 0 Å². The molecule has 1 aromatic carbocycles. The topological polar surface area (TPSA) is 114 Å². The van der Waals surface area contributed by atoms with Crippen LogP contribution in [0.2, 0.25) is 0 Å². The van der Waals surface area contributed by atoms with Crippen molar-refractivity contribution in [1.29, 1.82) is 0 Å². The lowest BCUT2D eigenvalue weighted by Crippen LogP contribution is -2.20. The minimum atomic E-state index is -0.130. The Balaban J connectivity index is 1.66. The van der Waals surface area contributed by atoms with Gasteiger partial charge in [0.05, 0.1) is 19.3 Å². The van der Waals surface area contributed by atoms with Gasteiger partial charge in [0.1, 0.15) is 29.1 Å². The summed E-state index contributed by atoms with van der Waals surface area (Å²) in [5, 5.41) is 0. The van der Waals surface area contributed by atoms with E-state index in [-0.39, 0.29) is 6.10 Å². The van der Waals surface area contributed by atoms with Crippen LogP contribution in [-0.4, -0.2) is 32.7 Å². The van der Waals surface area contributed by atoms with Crippen molar-refractivity contribution in [2.24, 2.45) is 0 Å². The molecule has 0 aliphatic rings. The molecule has 1 atom stereocenters. The maximum absolute atomic E-state index is 6.12. The number of nitrogen functional groups attached to an aromatic ring is 2. The first-order chi connectivity index (χ1) is 14.4. The molecule has 0 bridgehead atoms. The summed E-state index contributed by atoms with van der Waals surface area (Å²) in [7, 11) is 1.63. The maximum atomic E-state index is 6.12. The molecule has 8 heteroatoms. The van der Waals surface area contributed by atoms with E-state index in [0.717, 1.165) is 28.2 Å². The number of aryl methyl sites for hydroxylation is 1. The Labute approximate surface area is 174 Å². The third kappa shape index (κ3) is 3.84. The molecule has 0 aliphatic carbocycles. The first kappa shape index (κ1) is 19.5. The van der Waals surface area contributed by atoms with Crippen LogP contribution >= 0.6 is 0 Å². The van der Waals surface area contributed by atoms with E-state index in [0.29, 0.717) is 29.7 Å². The Hall–Kier alpha value is -3.81. The molecule has 30 heavy (non-hydrogen) atoms. The second kappa shape index (κ2) is 7.90. The van der Waals surface area contributed by atoms with Crippen molar-refractivity contribution in [2.75, 3.05) is 18.6 Å². The van der Waals surface area contributed by atoms with E-state index < -0.39 is 0 Å². The van der Waals surface area contributed by atoms with Crippen molar-refractivity contribution in [3.63, 3.8) is 0 Å². The van der Waals surface area contributed by atoms with Gasteiger partial charge < -0.3 is 25.5 Å². The van der Waals surface area contributed by atoms with E-state index in [4.69, 9.17) is 25.9 Å². The lowest BCUT2D eigenvalue weighted by molar-refractivity contribution is 0.192. The number of imidazole rings is 1. The molecule has 1 unspecified atom stereocenters. The summed E-state index contributed by atoms with van der Waals surface area (Å²) < 4.78 is 13.5. The van der Waals surface area contributed by atoms with Crippen LogP contribution in [0.5, 0.6) is 11.5 Å². The number of nitrogens with zero attached hydrogens (tertiary/aromatic N) is 4. The number of ether oxygens (including phenoxy) is 2. The number of aromatic nitrogens is 4. The van der Waals surface area contributed by atoms with Gasteiger partial charge in [-0.05, 0) is 50.2 Å². The highest BCUT2D eigenvalue weighted by molar-refractivity contribution is 5.77. The van der Waals surface area contributed by atoms with Crippen molar-refractivity contribution in [3.05, 3.63) is 54.4 Å². The SMILES string of the molecule is COc1ccccc1OC(C)Cn1c(C)nc2ccc(-c3cc(N)nc(N)c3)nc21. The van der Waals surface area contributed by atoms with Crippen LogP contribution in [0.3, 0.4) is 0 Å². The van der Waals surface area contributed by atoms with Crippen molar-refractivity contribution in [2.45, 2.75) is 26.5 Å². The lowest BCUT2D eigenvalue weighted by Gasteiger charge is -2.18. The Morgan fingerprint density at radius 2 is 1.67 bits per heavy atom. The van der Waals surface area contributed by atoms with Crippen LogP contribution in [-0.2, 0) is 6.54 Å². The minimum absolute atomic E-state index is 0.130. The fraction of sp³-hybridized carbons (Fsp3) is 0.227. The van der Waals surface area contributed by atoms with E-state index >= 15 is 0 Å². The summed E-state index contributed by atoms with van der Waals surface area (Å²) in [6.07, 6.45) is -0.130. The normalized spacial score (nSPS) is 12.1. The number of hydrogen-bond acceptors (Lipinski definition) is 7. The second-order valence-corrected chi connectivity index (χ2v) is 7.09. The predicted octanol–water partition coefficient (Wildman–Crippen LogP) is 3.44. The van der Waals surface area contributed by atoms with Crippen LogP contribution in [0.1, 0.15) is 12.7 Å². The third-order valence-electron chi connectivity index (χ3n) is 4.78. The zero-order chi connectivity index (χ0) is 21.3. The Kier molecular flexibility index (Phi) is 5.14. The lowest BCUT2D eigenvalue weighted by atomic mass is 10.1. The molecular weight excluding hydrogens is 380 g/mol. The van der Waals surface area contributed by atoms with Crippen LogP contribution in [0.15, 0.2) is 48.5 Å². The Morgan fingerprint density at radius 3 is 2.37 bits per heavy atom. The predicted molar refractivity (Wildman–Crippen MR) is 117 cm³/mol. The number of rotatable bonds is 6. The second-order valence-electron chi connectivity index (χ2n) is 7.09. The highest BCUT2D eigenvalue weighted by Crippen LogP contribution is 2.28. The van der Waals surface area contributed by atoms with Gasteiger partial charge in [0.2, 0.25) is 0 Å². The zero-order valence-electron chi connectivity index (χ0n) is 17.2. The van der Waals surface area contributed by atoms with Crippen molar-refractivity contribution >= 4 is 22.8 Å². The summed E-state index contributed by atoms with van der Waals surface area (Å²) in [5.74, 6) is 2.97. The quantitative estimate of drug-likeness (QED) is 0.506. The molecular formula is C22H24N6O2. The molecule has 0 radical (unpaired) electrons. The van der Waals surface area contributed by atoms with Gasteiger partial charge in [-0.2, -0.15) is 0 Å². The average molecular weight is 404 g/mol. The highest BCUT2D eigenvalue weighted by atomic mass is 16.5. The van der Waals surface area contributed by atoms with Crippen molar-refractivity contribution in [3.8, 4) is 22.8 Å². The number of fused-ring (bicyclic) bond motifs is 1. The number of methoxy groups -OCH3 is 1. The monoisotopic (exact) mass is 404 g/mol. The number of pyridine rings is 2. The molecule has 3 heterocycles. The van der Waals surface area contributed by atoms with Gasteiger partial charge in [0.25, 0.3) is 0 Å². The number of hydrogen-bond donors (Lipinski definition) is 2. The zero-order valence-corrected chi connectivity index (χ0v) is 17.2. The largest absolute Gasteiger partial charge is 0.493 e.